The minimum Gasteiger partial charge on any atom is -0.493 e. The van der Waals surface area contributed by atoms with Gasteiger partial charge < -0.3 is 30.2 Å². The van der Waals surface area contributed by atoms with Crippen molar-refractivity contribution in [3.8, 4) is 17.0 Å². The Bertz CT molecular complexity index is 1660. The first-order valence-electron chi connectivity index (χ1n) is 15.1. The van der Waals surface area contributed by atoms with Gasteiger partial charge in [0.15, 0.2) is 6.36 Å². The van der Waals surface area contributed by atoms with Gasteiger partial charge in [0, 0.05) is 79.4 Å². The average Bonchev–Trinajstić information content (AvgIpc) is 3.37. The highest BCUT2D eigenvalue weighted by molar-refractivity contribution is 5.88. The number of piperidine rings is 1. The third-order valence-electron chi connectivity index (χ3n) is 8.63. The zero-order valence-corrected chi connectivity index (χ0v) is 25.4. The molecule has 238 valence electrons. The maximum atomic E-state index is 15.1. The van der Waals surface area contributed by atoms with Crippen LogP contribution in [0.15, 0.2) is 54.7 Å². The number of alkyl halides is 1. The predicted molar refractivity (Wildman–Crippen MR) is 166 cm³/mol. The highest BCUT2D eigenvalue weighted by Gasteiger charge is 2.29. The number of amides is 2. The Kier molecular flexibility index (Phi) is 9.97. The molecule has 1 aliphatic rings. The van der Waals surface area contributed by atoms with Crippen LogP contribution in [-0.2, 0) is 22.4 Å². The number of aromatic hydroxyl groups is 1. The average molecular weight is 621 g/mol. The molecule has 4 aromatic rings. The molecule has 2 aromatic heterocycles. The number of aromatic amines is 1. The number of hydrogen-bond donors (Lipinski definition) is 4. The first-order chi connectivity index (χ1) is 21.6. The molecule has 0 spiro atoms. The number of nitrogens with zero attached hydrogens (tertiary/aromatic N) is 2. The van der Waals surface area contributed by atoms with Crippen molar-refractivity contribution < 1.29 is 33.3 Å². The molecule has 5 rings (SSSR count). The number of methoxy groups -OCH3 is 1. The summed E-state index contributed by atoms with van der Waals surface area (Å²) in [7, 11) is 1.36. The van der Waals surface area contributed by atoms with E-state index in [1.165, 1.54) is 25.4 Å². The standard InChI is InChI=1S/C34H38F2N4O5/c1-20-32-21(10-12-29(36)45-2)5-3-7-28(32)39-33(20)25-6-4-14-40(19-25)31(42)17-26(38-34(43)44)15-23-9-8-22(16-27(23)35)24-11-13-30(41)37-18-24/h3,5,7-9,11,13,16,18,25-26,29,38-39H,4,6,10,12,14-15,17,19H2,1-2H3,(H,37,41)(H,43,44)/t25?,26-,29?/m1/s1. The maximum Gasteiger partial charge on any atom is 0.404 e. The van der Waals surface area contributed by atoms with E-state index in [0.29, 0.717) is 30.6 Å². The van der Waals surface area contributed by atoms with E-state index in [1.807, 2.05) is 25.1 Å². The van der Waals surface area contributed by atoms with Crippen molar-refractivity contribution >= 4 is 22.9 Å². The number of halogens is 2. The van der Waals surface area contributed by atoms with Crippen molar-refractivity contribution in [1.29, 1.82) is 0 Å². The monoisotopic (exact) mass is 620 g/mol. The van der Waals surface area contributed by atoms with Crippen LogP contribution in [0.4, 0.5) is 13.6 Å². The zero-order valence-electron chi connectivity index (χ0n) is 25.4. The lowest BCUT2D eigenvalue weighted by Gasteiger charge is -2.34. The summed E-state index contributed by atoms with van der Waals surface area (Å²) in [5, 5.41) is 22.4. The fourth-order valence-electron chi connectivity index (χ4n) is 6.37. The molecular weight excluding hydrogens is 582 g/mol. The first-order valence-corrected chi connectivity index (χ1v) is 15.1. The number of benzene rings is 2. The Labute approximate surface area is 260 Å². The van der Waals surface area contributed by atoms with Crippen LogP contribution < -0.4 is 5.32 Å². The van der Waals surface area contributed by atoms with Crippen LogP contribution in [0.1, 0.15) is 54.0 Å². The van der Waals surface area contributed by atoms with Gasteiger partial charge in [0.05, 0.1) is 0 Å². The number of pyridine rings is 1. The number of H-pyrrole nitrogens is 1. The van der Waals surface area contributed by atoms with Gasteiger partial charge in [-0.2, -0.15) is 0 Å². The first kappa shape index (κ1) is 31.9. The maximum absolute atomic E-state index is 15.1. The third kappa shape index (κ3) is 7.59. The minimum absolute atomic E-state index is 0.00195. The Hall–Kier alpha value is -4.51. The Balaban J connectivity index is 1.28. The molecule has 2 aromatic carbocycles. The number of likely N-dealkylation sites (tertiary alicyclic amines) is 1. The molecule has 3 atom stereocenters. The van der Waals surface area contributed by atoms with Crippen LogP contribution in [0.3, 0.4) is 0 Å². The number of ether oxygens (including phenoxy) is 1. The van der Waals surface area contributed by atoms with Gasteiger partial charge in [-0.05, 0) is 73.1 Å². The van der Waals surface area contributed by atoms with Crippen molar-refractivity contribution in [3.63, 3.8) is 0 Å². The number of carbonyl (C=O) groups excluding carboxylic acids is 1. The number of aryl methyl sites for hydroxylation is 2. The summed E-state index contributed by atoms with van der Waals surface area (Å²) in [6.45, 7) is 3.08. The van der Waals surface area contributed by atoms with Crippen LogP contribution >= 0.6 is 0 Å². The SMILES string of the molecule is COC(F)CCc1cccc2[nH]c(C3CCCN(C(=O)C[C@@H](Cc4ccc(-c5ccc(O)nc5)cc4F)NC(=O)O)C3)c(C)c12. The number of carboxylic acid groups (broad SMARTS) is 1. The molecule has 2 amide bonds. The van der Waals surface area contributed by atoms with Gasteiger partial charge in [0.25, 0.3) is 0 Å². The molecule has 3 heterocycles. The molecule has 9 nitrogen and oxygen atoms in total. The normalized spacial score (nSPS) is 16.4. The number of carbonyl (C=O) groups is 2. The molecule has 0 saturated carbocycles. The number of rotatable bonds is 11. The largest absolute Gasteiger partial charge is 0.493 e. The van der Waals surface area contributed by atoms with Crippen molar-refractivity contribution in [2.24, 2.45) is 0 Å². The van der Waals surface area contributed by atoms with E-state index in [0.717, 1.165) is 40.6 Å². The van der Waals surface area contributed by atoms with Gasteiger partial charge >= 0.3 is 6.09 Å². The van der Waals surface area contributed by atoms with Gasteiger partial charge in [-0.15, -0.1) is 0 Å². The summed E-state index contributed by atoms with van der Waals surface area (Å²) in [5.74, 6) is -0.809. The Morgan fingerprint density at radius 1 is 1.18 bits per heavy atom. The van der Waals surface area contributed by atoms with Gasteiger partial charge in [0.2, 0.25) is 11.8 Å². The molecule has 1 saturated heterocycles. The van der Waals surface area contributed by atoms with Gasteiger partial charge in [-0.3, -0.25) is 4.79 Å². The lowest BCUT2D eigenvalue weighted by molar-refractivity contribution is -0.132. The summed E-state index contributed by atoms with van der Waals surface area (Å²) < 4.78 is 33.7. The molecule has 0 bridgehead atoms. The molecule has 2 unspecified atom stereocenters. The third-order valence-corrected chi connectivity index (χ3v) is 8.63. The fraction of sp³-hybridized carbons (Fsp3) is 0.382. The number of nitrogens with one attached hydrogen (secondary N) is 2. The second kappa shape index (κ2) is 14.1. The van der Waals surface area contributed by atoms with Gasteiger partial charge in [-0.1, -0.05) is 24.3 Å². The minimum atomic E-state index is -1.32. The van der Waals surface area contributed by atoms with E-state index in [2.05, 4.69) is 15.3 Å². The second-order valence-corrected chi connectivity index (χ2v) is 11.6. The smallest absolute Gasteiger partial charge is 0.404 e. The van der Waals surface area contributed by atoms with Gasteiger partial charge in [-0.25, -0.2) is 18.6 Å². The van der Waals surface area contributed by atoms with E-state index in [-0.39, 0.29) is 42.5 Å². The van der Waals surface area contributed by atoms with E-state index >= 15 is 4.39 Å². The topological polar surface area (TPSA) is 128 Å². The highest BCUT2D eigenvalue weighted by atomic mass is 19.1. The number of aromatic nitrogens is 2. The summed E-state index contributed by atoms with van der Waals surface area (Å²) in [5.41, 5.74) is 5.60. The van der Waals surface area contributed by atoms with E-state index in [1.54, 1.807) is 23.1 Å². The summed E-state index contributed by atoms with van der Waals surface area (Å²) in [6.07, 6.45) is 1.18. The quantitative estimate of drug-likeness (QED) is 0.157. The van der Waals surface area contributed by atoms with E-state index in [4.69, 9.17) is 4.74 Å². The predicted octanol–water partition coefficient (Wildman–Crippen LogP) is 6.23. The zero-order chi connectivity index (χ0) is 32.1. The van der Waals surface area contributed by atoms with Crippen molar-refractivity contribution in [2.45, 2.75) is 63.8 Å². The molecule has 0 radical (unpaired) electrons. The molecular formula is C34H38F2N4O5. The van der Waals surface area contributed by atoms with Crippen LogP contribution in [0, 0.1) is 12.7 Å². The number of fused-ring (bicyclic) bond motifs is 1. The van der Waals surface area contributed by atoms with Crippen molar-refractivity contribution in [2.75, 3.05) is 20.2 Å². The lowest BCUT2D eigenvalue weighted by Crippen LogP contribution is -2.44. The van der Waals surface area contributed by atoms with Crippen LogP contribution in [0.5, 0.6) is 5.88 Å². The molecule has 4 N–H and O–H groups in total. The summed E-state index contributed by atoms with van der Waals surface area (Å²) in [4.78, 5) is 34.3. The molecule has 0 aliphatic carbocycles. The van der Waals surface area contributed by atoms with Crippen molar-refractivity contribution in [3.05, 3.63) is 82.9 Å². The second-order valence-electron chi connectivity index (χ2n) is 11.6. The van der Waals surface area contributed by atoms with E-state index < -0.39 is 24.3 Å². The highest BCUT2D eigenvalue weighted by Crippen LogP contribution is 2.35. The van der Waals surface area contributed by atoms with Crippen LogP contribution in [0.2, 0.25) is 0 Å². The Morgan fingerprint density at radius 2 is 1.98 bits per heavy atom. The molecule has 11 heteroatoms. The van der Waals surface area contributed by atoms with Crippen LogP contribution in [0.25, 0.3) is 22.0 Å². The van der Waals surface area contributed by atoms with E-state index in [9.17, 15) is 24.2 Å². The lowest BCUT2D eigenvalue weighted by atomic mass is 9.91. The van der Waals surface area contributed by atoms with Crippen LogP contribution in [-0.4, -0.2) is 69.7 Å². The molecule has 45 heavy (non-hydrogen) atoms. The number of hydrogen-bond acceptors (Lipinski definition) is 5. The molecule has 1 fully saturated rings. The fourth-order valence-corrected chi connectivity index (χ4v) is 6.37. The van der Waals surface area contributed by atoms with Crippen molar-refractivity contribution in [1.82, 2.24) is 20.2 Å². The molecule has 1 aliphatic heterocycles. The summed E-state index contributed by atoms with van der Waals surface area (Å²) in [6, 6.07) is 12.8. The Morgan fingerprint density at radius 3 is 2.69 bits per heavy atom. The summed E-state index contributed by atoms with van der Waals surface area (Å²) >= 11 is 0. The van der Waals surface area contributed by atoms with Gasteiger partial charge in [0.1, 0.15) is 5.82 Å².